The van der Waals surface area contributed by atoms with Crippen LogP contribution in [-0.2, 0) is 0 Å². The number of rotatable bonds is 5. The van der Waals surface area contributed by atoms with Crippen molar-refractivity contribution in [1.82, 2.24) is 9.97 Å². The normalized spacial score (nSPS) is 10.1. The third kappa shape index (κ3) is 3.41. The minimum absolute atomic E-state index is 0.134. The van der Waals surface area contributed by atoms with Gasteiger partial charge in [0.2, 0.25) is 11.6 Å². The molecule has 2 aromatic carbocycles. The predicted octanol–water partition coefficient (Wildman–Crippen LogP) is 3.87. The molecule has 0 saturated carbocycles. The summed E-state index contributed by atoms with van der Waals surface area (Å²) < 4.78 is 0. The van der Waals surface area contributed by atoms with Crippen LogP contribution in [0.4, 0.5) is 28.7 Å². The van der Waals surface area contributed by atoms with Gasteiger partial charge < -0.3 is 10.6 Å². The highest BCUT2D eigenvalue weighted by molar-refractivity contribution is 5.76. The Morgan fingerprint density at radius 2 is 1.22 bits per heavy atom. The molecule has 114 valence electrons. The van der Waals surface area contributed by atoms with Gasteiger partial charge in [-0.15, -0.1) is 0 Å². The second kappa shape index (κ2) is 6.52. The molecule has 7 nitrogen and oxygen atoms in total. The second-order valence-corrected chi connectivity index (χ2v) is 4.66. The lowest BCUT2D eigenvalue weighted by molar-refractivity contribution is -0.383. The van der Waals surface area contributed by atoms with Crippen molar-refractivity contribution in [2.24, 2.45) is 0 Å². The maximum atomic E-state index is 11.5. The Balaban J connectivity index is 1.97. The average Bonchev–Trinajstić information content (AvgIpc) is 2.56. The molecule has 0 fully saturated rings. The van der Waals surface area contributed by atoms with Crippen LogP contribution >= 0.6 is 0 Å². The third-order valence-electron chi connectivity index (χ3n) is 3.08. The SMILES string of the molecule is O=[N+]([O-])c1c(Nc2ccccc2)ncnc1Nc1ccccc1. The highest BCUT2D eigenvalue weighted by Crippen LogP contribution is 2.32. The smallest absolute Gasteiger partial charge is 0.334 e. The first-order valence-corrected chi connectivity index (χ1v) is 6.87. The lowest BCUT2D eigenvalue weighted by Gasteiger charge is -2.10. The molecule has 0 atom stereocenters. The Kier molecular flexibility index (Phi) is 4.10. The van der Waals surface area contributed by atoms with Gasteiger partial charge >= 0.3 is 5.69 Å². The van der Waals surface area contributed by atoms with E-state index in [2.05, 4.69) is 20.6 Å². The number of anilines is 4. The van der Waals surface area contributed by atoms with E-state index in [1.54, 1.807) is 24.3 Å². The standard InChI is InChI=1S/C16H13N5O2/c22-21(23)14-15(19-12-7-3-1-4-8-12)17-11-18-16(14)20-13-9-5-2-6-10-13/h1-11H,(H2,17,18,19,20). The number of hydrogen-bond acceptors (Lipinski definition) is 6. The van der Waals surface area contributed by atoms with Gasteiger partial charge in [-0.1, -0.05) is 36.4 Å². The Morgan fingerprint density at radius 1 is 0.783 bits per heavy atom. The van der Waals surface area contributed by atoms with E-state index < -0.39 is 4.92 Å². The Bertz CT molecular complexity index is 749. The van der Waals surface area contributed by atoms with E-state index in [4.69, 9.17) is 0 Å². The number of nitrogens with zero attached hydrogens (tertiary/aromatic N) is 3. The molecule has 0 aliphatic rings. The molecule has 0 saturated heterocycles. The molecule has 0 radical (unpaired) electrons. The second-order valence-electron chi connectivity index (χ2n) is 4.66. The van der Waals surface area contributed by atoms with Crippen molar-refractivity contribution < 1.29 is 4.92 Å². The van der Waals surface area contributed by atoms with E-state index >= 15 is 0 Å². The van der Waals surface area contributed by atoms with Crippen molar-refractivity contribution in [3.63, 3.8) is 0 Å². The molecular formula is C16H13N5O2. The average molecular weight is 307 g/mol. The van der Waals surface area contributed by atoms with Gasteiger partial charge in [0, 0.05) is 11.4 Å². The lowest BCUT2D eigenvalue weighted by atomic mass is 10.3. The van der Waals surface area contributed by atoms with Gasteiger partial charge in [-0.25, -0.2) is 9.97 Å². The summed E-state index contributed by atoms with van der Waals surface area (Å²) in [6.07, 6.45) is 1.28. The number of benzene rings is 2. The Hall–Kier alpha value is -3.48. The molecule has 0 spiro atoms. The first kappa shape index (κ1) is 14.5. The molecule has 0 aliphatic heterocycles. The van der Waals surface area contributed by atoms with E-state index in [-0.39, 0.29) is 17.3 Å². The van der Waals surface area contributed by atoms with Crippen LogP contribution in [0.1, 0.15) is 0 Å². The fourth-order valence-electron chi connectivity index (χ4n) is 2.05. The van der Waals surface area contributed by atoms with Crippen molar-refractivity contribution in [1.29, 1.82) is 0 Å². The topological polar surface area (TPSA) is 93.0 Å². The molecular weight excluding hydrogens is 294 g/mol. The summed E-state index contributed by atoms with van der Waals surface area (Å²) in [4.78, 5) is 19.0. The van der Waals surface area contributed by atoms with E-state index in [1.165, 1.54) is 6.33 Å². The van der Waals surface area contributed by atoms with E-state index in [0.717, 1.165) is 0 Å². The summed E-state index contributed by atoms with van der Waals surface area (Å²) in [7, 11) is 0. The monoisotopic (exact) mass is 307 g/mol. The zero-order chi connectivity index (χ0) is 16.1. The van der Waals surface area contributed by atoms with Crippen molar-refractivity contribution in [3.05, 3.63) is 77.1 Å². The highest BCUT2D eigenvalue weighted by atomic mass is 16.6. The van der Waals surface area contributed by atoms with Crippen LogP contribution in [0, 0.1) is 10.1 Å². The van der Waals surface area contributed by atoms with Crippen LogP contribution in [0.2, 0.25) is 0 Å². The van der Waals surface area contributed by atoms with Crippen molar-refractivity contribution >= 4 is 28.7 Å². The molecule has 1 aromatic heterocycles. The lowest BCUT2D eigenvalue weighted by Crippen LogP contribution is -2.05. The van der Waals surface area contributed by atoms with Crippen molar-refractivity contribution in [2.45, 2.75) is 0 Å². The molecule has 3 aromatic rings. The van der Waals surface area contributed by atoms with E-state index in [0.29, 0.717) is 11.4 Å². The maximum absolute atomic E-state index is 11.5. The van der Waals surface area contributed by atoms with Gasteiger partial charge in [0.05, 0.1) is 4.92 Å². The van der Waals surface area contributed by atoms with Gasteiger partial charge in [0.1, 0.15) is 6.33 Å². The summed E-state index contributed by atoms with van der Waals surface area (Å²) in [5, 5.41) is 17.4. The molecule has 7 heteroatoms. The van der Waals surface area contributed by atoms with Gasteiger partial charge in [0.15, 0.2) is 0 Å². The van der Waals surface area contributed by atoms with Crippen LogP contribution in [0.3, 0.4) is 0 Å². The van der Waals surface area contributed by atoms with Gasteiger partial charge in [0.25, 0.3) is 0 Å². The summed E-state index contributed by atoms with van der Waals surface area (Å²) in [6, 6.07) is 18.3. The zero-order valence-corrected chi connectivity index (χ0v) is 12.0. The van der Waals surface area contributed by atoms with E-state index in [9.17, 15) is 10.1 Å². The van der Waals surface area contributed by atoms with Crippen LogP contribution in [-0.4, -0.2) is 14.9 Å². The van der Waals surface area contributed by atoms with Crippen molar-refractivity contribution in [2.75, 3.05) is 10.6 Å². The van der Waals surface area contributed by atoms with Gasteiger partial charge in [-0.05, 0) is 24.3 Å². The first-order valence-electron chi connectivity index (χ1n) is 6.87. The van der Waals surface area contributed by atoms with Gasteiger partial charge in [-0.3, -0.25) is 10.1 Å². The van der Waals surface area contributed by atoms with Gasteiger partial charge in [-0.2, -0.15) is 0 Å². The molecule has 2 N–H and O–H groups in total. The molecule has 0 amide bonds. The fourth-order valence-corrected chi connectivity index (χ4v) is 2.05. The molecule has 0 unspecified atom stereocenters. The van der Waals surface area contributed by atoms with Crippen LogP contribution < -0.4 is 10.6 Å². The Labute approximate surface area is 132 Å². The third-order valence-corrected chi connectivity index (χ3v) is 3.08. The first-order chi connectivity index (χ1) is 11.2. The largest absolute Gasteiger partial charge is 0.353 e. The number of para-hydroxylation sites is 2. The Morgan fingerprint density at radius 3 is 1.61 bits per heavy atom. The summed E-state index contributed by atoms with van der Waals surface area (Å²) in [5.41, 5.74) is 1.21. The summed E-state index contributed by atoms with van der Waals surface area (Å²) in [5.74, 6) is 0.268. The molecule has 23 heavy (non-hydrogen) atoms. The summed E-state index contributed by atoms with van der Waals surface area (Å²) >= 11 is 0. The fraction of sp³-hybridized carbons (Fsp3) is 0. The minimum atomic E-state index is -0.503. The maximum Gasteiger partial charge on any atom is 0.353 e. The minimum Gasteiger partial charge on any atom is -0.334 e. The number of hydrogen-bond donors (Lipinski definition) is 2. The van der Waals surface area contributed by atoms with Crippen LogP contribution in [0.5, 0.6) is 0 Å². The number of nitrogens with one attached hydrogen (secondary N) is 2. The van der Waals surface area contributed by atoms with Crippen LogP contribution in [0.25, 0.3) is 0 Å². The van der Waals surface area contributed by atoms with Crippen LogP contribution in [0.15, 0.2) is 67.0 Å². The molecule has 0 bridgehead atoms. The number of nitro groups is 1. The highest BCUT2D eigenvalue weighted by Gasteiger charge is 2.23. The number of aromatic nitrogens is 2. The zero-order valence-electron chi connectivity index (χ0n) is 12.0. The molecule has 3 rings (SSSR count). The molecule has 1 heterocycles. The predicted molar refractivity (Wildman–Crippen MR) is 88.1 cm³/mol. The van der Waals surface area contributed by atoms with Crippen molar-refractivity contribution in [3.8, 4) is 0 Å². The molecule has 0 aliphatic carbocycles. The summed E-state index contributed by atoms with van der Waals surface area (Å²) in [6.45, 7) is 0. The quantitative estimate of drug-likeness (QED) is 0.549. The van der Waals surface area contributed by atoms with E-state index in [1.807, 2.05) is 36.4 Å².